The van der Waals surface area contributed by atoms with E-state index in [1.54, 1.807) is 23.9 Å². The molecule has 3 nitrogen and oxygen atoms in total. The molecule has 0 heterocycles. The summed E-state index contributed by atoms with van der Waals surface area (Å²) < 4.78 is 0. The van der Waals surface area contributed by atoms with Gasteiger partial charge in [-0.1, -0.05) is 18.2 Å². The van der Waals surface area contributed by atoms with Crippen LogP contribution in [0.2, 0.25) is 0 Å². The maximum Gasteiger partial charge on any atom is 0.335 e. The topological polar surface area (TPSA) is 49.3 Å². The Hall–Kier alpha value is -1.94. The second-order valence-corrected chi connectivity index (χ2v) is 5.85. The van der Waals surface area contributed by atoms with Gasteiger partial charge in [0.2, 0.25) is 0 Å². The van der Waals surface area contributed by atoms with Gasteiger partial charge in [0.1, 0.15) is 0 Å². The van der Waals surface area contributed by atoms with Crippen LogP contribution in [0.3, 0.4) is 0 Å². The van der Waals surface area contributed by atoms with Crippen LogP contribution < -0.4 is 5.32 Å². The normalized spacial score (nSPS) is 12.0. The lowest BCUT2D eigenvalue weighted by molar-refractivity contribution is 0.0697. The van der Waals surface area contributed by atoms with Crippen molar-refractivity contribution in [2.75, 3.05) is 11.6 Å². The lowest BCUT2D eigenvalue weighted by Gasteiger charge is -2.18. The number of carboxylic acid groups (broad SMARTS) is 1. The third-order valence-electron chi connectivity index (χ3n) is 3.47. The SMILES string of the molecule is CSc1ccc(C(C)Nc2cc(C(=O)O)ccc2C)cc1. The second-order valence-electron chi connectivity index (χ2n) is 4.97. The first kappa shape index (κ1) is 15.4. The van der Waals surface area contributed by atoms with Crippen LogP contribution in [0.4, 0.5) is 5.69 Å². The molecular formula is C17H19NO2S. The largest absolute Gasteiger partial charge is 0.478 e. The first-order valence-electron chi connectivity index (χ1n) is 6.75. The summed E-state index contributed by atoms with van der Waals surface area (Å²) in [7, 11) is 0. The van der Waals surface area contributed by atoms with Gasteiger partial charge in [-0.25, -0.2) is 4.79 Å². The zero-order valence-electron chi connectivity index (χ0n) is 12.4. The molecule has 4 heteroatoms. The van der Waals surface area contributed by atoms with Crippen LogP contribution in [0.5, 0.6) is 0 Å². The van der Waals surface area contributed by atoms with Crippen molar-refractivity contribution in [2.45, 2.75) is 24.8 Å². The molecule has 1 atom stereocenters. The summed E-state index contributed by atoms with van der Waals surface area (Å²) in [5.74, 6) is -0.907. The first-order chi connectivity index (χ1) is 10.0. The zero-order chi connectivity index (χ0) is 15.4. The molecule has 0 saturated heterocycles. The summed E-state index contributed by atoms with van der Waals surface area (Å²) >= 11 is 1.72. The number of thioether (sulfide) groups is 1. The summed E-state index contributed by atoms with van der Waals surface area (Å²) in [6.45, 7) is 4.04. The van der Waals surface area contributed by atoms with E-state index in [1.165, 1.54) is 10.5 Å². The molecule has 2 aromatic rings. The molecule has 0 aliphatic heterocycles. The molecule has 0 radical (unpaired) electrons. The molecule has 0 fully saturated rings. The van der Waals surface area contributed by atoms with E-state index in [1.807, 2.05) is 13.0 Å². The van der Waals surface area contributed by atoms with Gasteiger partial charge in [0.15, 0.2) is 0 Å². The highest BCUT2D eigenvalue weighted by molar-refractivity contribution is 7.98. The Balaban J connectivity index is 2.19. The molecule has 0 amide bonds. The molecule has 0 aromatic heterocycles. The van der Waals surface area contributed by atoms with Crippen LogP contribution in [-0.2, 0) is 0 Å². The summed E-state index contributed by atoms with van der Waals surface area (Å²) in [6.07, 6.45) is 2.05. The van der Waals surface area contributed by atoms with E-state index in [0.717, 1.165) is 11.3 Å². The number of aromatic carboxylic acids is 1. The van der Waals surface area contributed by atoms with Gasteiger partial charge in [0.05, 0.1) is 5.56 Å². The average molecular weight is 301 g/mol. The number of nitrogens with one attached hydrogen (secondary N) is 1. The van der Waals surface area contributed by atoms with Crippen LogP contribution in [0.1, 0.15) is 34.5 Å². The van der Waals surface area contributed by atoms with E-state index in [0.29, 0.717) is 5.56 Å². The van der Waals surface area contributed by atoms with Crippen LogP contribution in [0.25, 0.3) is 0 Å². The van der Waals surface area contributed by atoms with Gasteiger partial charge in [-0.3, -0.25) is 0 Å². The number of anilines is 1. The summed E-state index contributed by atoms with van der Waals surface area (Å²) in [5, 5.41) is 12.5. The quantitative estimate of drug-likeness (QED) is 0.793. The van der Waals surface area contributed by atoms with Crippen LogP contribution in [0.15, 0.2) is 47.4 Å². The Kier molecular flexibility index (Phi) is 4.91. The Bertz CT molecular complexity index is 638. The fourth-order valence-corrected chi connectivity index (χ4v) is 2.53. The van der Waals surface area contributed by atoms with Crippen molar-refractivity contribution < 1.29 is 9.90 Å². The number of aryl methyl sites for hydroxylation is 1. The van der Waals surface area contributed by atoms with Gasteiger partial charge in [-0.05, 0) is 55.5 Å². The van der Waals surface area contributed by atoms with Crippen molar-refractivity contribution in [2.24, 2.45) is 0 Å². The minimum atomic E-state index is -0.907. The summed E-state index contributed by atoms with van der Waals surface area (Å²) in [4.78, 5) is 12.3. The highest BCUT2D eigenvalue weighted by atomic mass is 32.2. The van der Waals surface area contributed by atoms with Crippen molar-refractivity contribution in [3.63, 3.8) is 0 Å². The standard InChI is InChI=1S/C17H19NO2S/c1-11-4-5-14(17(19)20)10-16(11)18-12(2)13-6-8-15(21-3)9-7-13/h4-10,12,18H,1-3H3,(H,19,20). The Labute approximate surface area is 129 Å². The fraction of sp³-hybridized carbons (Fsp3) is 0.235. The molecule has 1 unspecified atom stereocenters. The van der Waals surface area contributed by atoms with E-state index < -0.39 is 5.97 Å². The monoisotopic (exact) mass is 301 g/mol. The predicted octanol–water partition coefficient (Wildman–Crippen LogP) is 4.59. The number of carboxylic acids is 1. The average Bonchev–Trinajstić information content (AvgIpc) is 2.49. The van der Waals surface area contributed by atoms with Gasteiger partial charge in [-0.15, -0.1) is 11.8 Å². The van der Waals surface area contributed by atoms with Crippen LogP contribution in [0, 0.1) is 6.92 Å². The minimum absolute atomic E-state index is 0.114. The van der Waals surface area contributed by atoms with Gasteiger partial charge < -0.3 is 10.4 Å². The Morgan fingerprint density at radius 2 is 1.86 bits per heavy atom. The van der Waals surface area contributed by atoms with E-state index in [4.69, 9.17) is 5.11 Å². The highest BCUT2D eigenvalue weighted by Gasteiger charge is 2.10. The fourth-order valence-electron chi connectivity index (χ4n) is 2.12. The molecule has 0 bridgehead atoms. The number of carbonyl (C=O) groups is 1. The maximum atomic E-state index is 11.1. The van der Waals surface area contributed by atoms with Crippen LogP contribution >= 0.6 is 11.8 Å². The Morgan fingerprint density at radius 3 is 2.43 bits per heavy atom. The van der Waals surface area contributed by atoms with E-state index in [2.05, 4.69) is 42.8 Å². The van der Waals surface area contributed by atoms with E-state index in [9.17, 15) is 4.79 Å². The smallest absolute Gasteiger partial charge is 0.335 e. The third-order valence-corrected chi connectivity index (χ3v) is 4.22. The van der Waals surface area contributed by atoms with Crippen molar-refractivity contribution in [3.05, 3.63) is 59.2 Å². The number of benzene rings is 2. The molecule has 2 rings (SSSR count). The summed E-state index contributed by atoms with van der Waals surface area (Å²) in [6, 6.07) is 13.6. The molecule has 0 aliphatic carbocycles. The lowest BCUT2D eigenvalue weighted by atomic mass is 10.1. The molecule has 2 N–H and O–H groups in total. The molecule has 2 aromatic carbocycles. The number of hydrogen-bond donors (Lipinski definition) is 2. The molecular weight excluding hydrogens is 282 g/mol. The zero-order valence-corrected chi connectivity index (χ0v) is 13.2. The van der Waals surface area contributed by atoms with E-state index in [-0.39, 0.29) is 6.04 Å². The van der Waals surface area contributed by atoms with Crippen molar-refractivity contribution in [1.82, 2.24) is 0 Å². The minimum Gasteiger partial charge on any atom is -0.478 e. The third kappa shape index (κ3) is 3.79. The van der Waals surface area contributed by atoms with Crippen LogP contribution in [-0.4, -0.2) is 17.3 Å². The first-order valence-corrected chi connectivity index (χ1v) is 7.98. The van der Waals surface area contributed by atoms with Crippen molar-refractivity contribution >= 4 is 23.4 Å². The lowest BCUT2D eigenvalue weighted by Crippen LogP contribution is -2.08. The Morgan fingerprint density at radius 1 is 1.19 bits per heavy atom. The van der Waals surface area contributed by atoms with Crippen molar-refractivity contribution in [1.29, 1.82) is 0 Å². The molecule has 0 spiro atoms. The van der Waals surface area contributed by atoms with Crippen molar-refractivity contribution in [3.8, 4) is 0 Å². The summed E-state index contributed by atoms with van der Waals surface area (Å²) in [5.41, 5.74) is 3.37. The second kappa shape index (κ2) is 6.68. The van der Waals surface area contributed by atoms with Gasteiger partial charge in [0.25, 0.3) is 0 Å². The number of rotatable bonds is 5. The number of hydrogen-bond acceptors (Lipinski definition) is 3. The highest BCUT2D eigenvalue weighted by Crippen LogP contribution is 2.25. The van der Waals surface area contributed by atoms with E-state index >= 15 is 0 Å². The van der Waals surface area contributed by atoms with Gasteiger partial charge >= 0.3 is 5.97 Å². The maximum absolute atomic E-state index is 11.1. The van der Waals surface area contributed by atoms with Gasteiger partial charge in [-0.2, -0.15) is 0 Å². The molecule has 110 valence electrons. The van der Waals surface area contributed by atoms with Gasteiger partial charge in [0, 0.05) is 16.6 Å². The predicted molar refractivity (Wildman–Crippen MR) is 88.4 cm³/mol. The molecule has 21 heavy (non-hydrogen) atoms. The molecule has 0 saturated carbocycles. The molecule has 0 aliphatic rings.